The number of aliphatic carboxylic acids is 2. The Morgan fingerprint density at radius 1 is 1.05 bits per heavy atom. The summed E-state index contributed by atoms with van der Waals surface area (Å²) >= 11 is 0. The molecule has 0 aromatic heterocycles. The van der Waals surface area contributed by atoms with Gasteiger partial charge in [0.1, 0.15) is 0 Å². The summed E-state index contributed by atoms with van der Waals surface area (Å²) in [5.74, 6) is -3.44. The van der Waals surface area contributed by atoms with Crippen molar-refractivity contribution in [2.45, 2.75) is 51.2 Å². The minimum Gasteiger partial charge on any atom is -0.481 e. The number of unbranched alkanes of at least 4 members (excludes halogenated alkanes) is 2. The molecule has 19 heavy (non-hydrogen) atoms. The second kappa shape index (κ2) is 5.87. The largest absolute Gasteiger partial charge is 0.481 e. The van der Waals surface area contributed by atoms with E-state index in [9.17, 15) is 27.7 Å². The van der Waals surface area contributed by atoms with Crippen LogP contribution >= 0.6 is 0 Å². The molecule has 0 radical (unpaired) electrons. The van der Waals surface area contributed by atoms with Gasteiger partial charge in [0.05, 0.1) is 5.41 Å². The quantitative estimate of drug-likeness (QED) is 0.456. The van der Waals surface area contributed by atoms with Crippen molar-refractivity contribution in [3.63, 3.8) is 0 Å². The summed E-state index contributed by atoms with van der Waals surface area (Å²) in [4.78, 5) is 22.6. The van der Waals surface area contributed by atoms with E-state index in [0.29, 0.717) is 12.8 Å². The Morgan fingerprint density at radius 3 is 1.79 bits per heavy atom. The van der Waals surface area contributed by atoms with E-state index in [4.69, 9.17) is 5.11 Å². The van der Waals surface area contributed by atoms with E-state index in [1.807, 2.05) is 6.92 Å². The summed E-state index contributed by atoms with van der Waals surface area (Å²) in [6.07, 6.45) is 0.989. The lowest BCUT2D eigenvalue weighted by Crippen LogP contribution is -2.60. The van der Waals surface area contributed by atoms with Gasteiger partial charge >= 0.3 is 11.9 Å². The molecule has 8 heteroatoms. The molecule has 0 aromatic carbocycles. The van der Waals surface area contributed by atoms with Crippen LogP contribution in [0.5, 0.6) is 0 Å². The predicted molar refractivity (Wildman–Crippen MR) is 67.5 cm³/mol. The average Bonchev–Trinajstić information content (AvgIpc) is 2.21. The molecule has 0 amide bonds. The van der Waals surface area contributed by atoms with Crippen molar-refractivity contribution in [3.8, 4) is 0 Å². The predicted octanol–water partition coefficient (Wildman–Crippen LogP) is 1.39. The molecule has 0 aliphatic carbocycles. The van der Waals surface area contributed by atoms with Gasteiger partial charge in [-0.25, -0.2) is 0 Å². The maximum absolute atomic E-state index is 11.6. The van der Waals surface area contributed by atoms with Gasteiger partial charge in [-0.2, -0.15) is 8.42 Å². The first-order valence-corrected chi connectivity index (χ1v) is 7.33. The van der Waals surface area contributed by atoms with Gasteiger partial charge in [-0.15, -0.1) is 0 Å². The van der Waals surface area contributed by atoms with Gasteiger partial charge in [0, 0.05) is 0 Å². The maximum atomic E-state index is 11.6. The van der Waals surface area contributed by atoms with Gasteiger partial charge < -0.3 is 10.2 Å². The normalized spacial score (nSPS) is 15.8. The van der Waals surface area contributed by atoms with Crippen LogP contribution in [0.25, 0.3) is 0 Å². The molecule has 0 heterocycles. The van der Waals surface area contributed by atoms with Crippen LogP contribution in [0.1, 0.15) is 46.5 Å². The first-order valence-electron chi connectivity index (χ1n) is 5.89. The lowest BCUT2D eigenvalue weighted by Gasteiger charge is -2.37. The van der Waals surface area contributed by atoms with Gasteiger partial charge in [0.2, 0.25) is 4.75 Å². The number of carbonyl (C=O) groups is 2. The average molecular weight is 296 g/mol. The van der Waals surface area contributed by atoms with Crippen LogP contribution in [0, 0.1) is 5.41 Å². The maximum Gasteiger partial charge on any atom is 0.328 e. The van der Waals surface area contributed by atoms with Crippen LogP contribution in [0.4, 0.5) is 0 Å². The third-order valence-corrected chi connectivity index (χ3v) is 5.23. The molecule has 112 valence electrons. The van der Waals surface area contributed by atoms with Gasteiger partial charge in [-0.1, -0.05) is 26.2 Å². The molecule has 7 nitrogen and oxygen atoms in total. The molecule has 0 bridgehead atoms. The number of hydrogen-bond acceptors (Lipinski definition) is 4. The van der Waals surface area contributed by atoms with Crippen LogP contribution in [-0.2, 0) is 19.7 Å². The van der Waals surface area contributed by atoms with Crippen LogP contribution in [-0.4, -0.2) is 39.9 Å². The first-order chi connectivity index (χ1) is 8.45. The Hall–Kier alpha value is -1.15. The summed E-state index contributed by atoms with van der Waals surface area (Å²) < 4.78 is 29.7. The third kappa shape index (κ3) is 3.06. The number of rotatable bonds is 8. The molecule has 0 spiro atoms. The topological polar surface area (TPSA) is 129 Å². The Labute approximate surface area is 112 Å². The first kappa shape index (κ1) is 17.8. The highest BCUT2D eigenvalue weighted by Gasteiger charge is 2.64. The lowest BCUT2D eigenvalue weighted by atomic mass is 9.75. The lowest BCUT2D eigenvalue weighted by molar-refractivity contribution is -0.158. The zero-order valence-electron chi connectivity index (χ0n) is 11.2. The third-order valence-electron chi connectivity index (χ3n) is 3.46. The molecular weight excluding hydrogens is 276 g/mol. The summed E-state index contributed by atoms with van der Waals surface area (Å²) in [5, 5.41) is 18.3. The Bertz CT molecular complexity index is 452. The van der Waals surface area contributed by atoms with Crippen molar-refractivity contribution in [3.05, 3.63) is 0 Å². The molecule has 0 rings (SSSR count). The van der Waals surface area contributed by atoms with E-state index in [-0.39, 0.29) is 6.42 Å². The van der Waals surface area contributed by atoms with Crippen molar-refractivity contribution in [2.75, 3.05) is 0 Å². The number of carboxylic acid groups (broad SMARTS) is 2. The van der Waals surface area contributed by atoms with Crippen molar-refractivity contribution in [2.24, 2.45) is 5.41 Å². The fraction of sp³-hybridized carbons (Fsp3) is 0.818. The Balaban J connectivity index is 5.96. The second-order valence-electron chi connectivity index (χ2n) is 4.99. The summed E-state index contributed by atoms with van der Waals surface area (Å²) in [5.41, 5.74) is -2.15. The molecule has 0 saturated carbocycles. The molecule has 1 atom stereocenters. The molecule has 0 saturated heterocycles. The highest BCUT2D eigenvalue weighted by atomic mass is 32.2. The number of carboxylic acids is 2. The summed E-state index contributed by atoms with van der Waals surface area (Å²) in [6, 6.07) is 0. The molecule has 1 unspecified atom stereocenters. The zero-order chi connectivity index (χ0) is 15.5. The van der Waals surface area contributed by atoms with Crippen molar-refractivity contribution in [1.82, 2.24) is 0 Å². The van der Waals surface area contributed by atoms with Crippen LogP contribution in [0.2, 0.25) is 0 Å². The smallest absolute Gasteiger partial charge is 0.328 e. The van der Waals surface area contributed by atoms with E-state index in [1.165, 1.54) is 0 Å². The molecule has 0 fully saturated rings. The van der Waals surface area contributed by atoms with Crippen LogP contribution in [0.15, 0.2) is 0 Å². The zero-order valence-corrected chi connectivity index (χ0v) is 12.0. The van der Waals surface area contributed by atoms with E-state index in [2.05, 4.69) is 0 Å². The Morgan fingerprint density at radius 2 is 1.53 bits per heavy atom. The minimum atomic E-state index is -5.09. The fourth-order valence-corrected chi connectivity index (χ4v) is 3.40. The second-order valence-corrected chi connectivity index (χ2v) is 6.64. The van der Waals surface area contributed by atoms with Gasteiger partial charge in [-0.3, -0.25) is 14.1 Å². The SMILES string of the molecule is CCCCCC(C(=O)O)(C(C)(C)C(=O)O)S(=O)(=O)O. The van der Waals surface area contributed by atoms with E-state index in [0.717, 1.165) is 13.8 Å². The van der Waals surface area contributed by atoms with E-state index < -0.39 is 38.6 Å². The van der Waals surface area contributed by atoms with Crippen LogP contribution < -0.4 is 0 Å². The summed E-state index contributed by atoms with van der Waals surface area (Å²) in [6.45, 7) is 3.81. The fourth-order valence-electron chi connectivity index (χ4n) is 2.05. The van der Waals surface area contributed by atoms with E-state index >= 15 is 0 Å². The molecular formula is C11H20O7S. The van der Waals surface area contributed by atoms with E-state index in [1.54, 1.807) is 0 Å². The summed E-state index contributed by atoms with van der Waals surface area (Å²) in [7, 11) is -5.09. The highest BCUT2D eigenvalue weighted by molar-refractivity contribution is 7.88. The minimum absolute atomic E-state index is 0.194. The van der Waals surface area contributed by atoms with Gasteiger partial charge in [-0.05, 0) is 20.3 Å². The van der Waals surface area contributed by atoms with Gasteiger partial charge in [0.15, 0.2) is 0 Å². The molecule has 3 N–H and O–H groups in total. The Kier molecular flexibility index (Phi) is 5.52. The molecule has 0 aliphatic rings. The van der Waals surface area contributed by atoms with Crippen molar-refractivity contribution < 1.29 is 32.8 Å². The van der Waals surface area contributed by atoms with Crippen molar-refractivity contribution in [1.29, 1.82) is 0 Å². The number of hydrogen-bond donors (Lipinski definition) is 3. The highest BCUT2D eigenvalue weighted by Crippen LogP contribution is 2.42. The standard InChI is InChI=1S/C11H20O7S/c1-4-5-6-7-11(9(14)15,19(16,17)18)10(2,3)8(12)13/h4-7H2,1-3H3,(H,12,13)(H,14,15)(H,16,17,18). The monoisotopic (exact) mass is 296 g/mol. The van der Waals surface area contributed by atoms with Crippen LogP contribution in [0.3, 0.4) is 0 Å². The van der Waals surface area contributed by atoms with Gasteiger partial charge in [0.25, 0.3) is 10.1 Å². The molecule has 0 aromatic rings. The molecule has 0 aliphatic heterocycles. The van der Waals surface area contributed by atoms with Crippen molar-refractivity contribution >= 4 is 22.1 Å².